The summed E-state index contributed by atoms with van der Waals surface area (Å²) in [5, 5.41) is 3.00. The summed E-state index contributed by atoms with van der Waals surface area (Å²) >= 11 is 1.60. The van der Waals surface area contributed by atoms with Crippen LogP contribution in [0.25, 0.3) is 0 Å². The minimum absolute atomic E-state index is 0.0290. The zero-order valence-electron chi connectivity index (χ0n) is 14.7. The number of anilines is 1. The number of hydrogen-bond acceptors (Lipinski definition) is 3. The van der Waals surface area contributed by atoms with Crippen LogP contribution >= 0.6 is 11.3 Å². The van der Waals surface area contributed by atoms with E-state index in [1.54, 1.807) is 11.3 Å². The van der Waals surface area contributed by atoms with Crippen LogP contribution in [0.2, 0.25) is 0 Å². The SMILES string of the molecule is CCN(CC)C(=O)c1cc2c(s1)CCC(C(=O)Nc1ccccc1)C2. The van der Waals surface area contributed by atoms with E-state index in [-0.39, 0.29) is 17.7 Å². The van der Waals surface area contributed by atoms with Gasteiger partial charge in [-0.15, -0.1) is 11.3 Å². The molecule has 0 radical (unpaired) electrons. The summed E-state index contributed by atoms with van der Waals surface area (Å²) in [5.74, 6) is 0.146. The third kappa shape index (κ3) is 3.93. The topological polar surface area (TPSA) is 49.4 Å². The molecule has 2 amide bonds. The lowest BCUT2D eigenvalue weighted by Crippen LogP contribution is -2.29. The van der Waals surface area contributed by atoms with Crippen molar-refractivity contribution in [2.24, 2.45) is 5.92 Å². The van der Waals surface area contributed by atoms with E-state index in [9.17, 15) is 9.59 Å². The molecule has 1 aromatic heterocycles. The van der Waals surface area contributed by atoms with E-state index in [0.29, 0.717) is 0 Å². The van der Waals surface area contributed by atoms with Crippen molar-refractivity contribution in [2.45, 2.75) is 33.1 Å². The van der Waals surface area contributed by atoms with E-state index in [0.717, 1.165) is 42.9 Å². The lowest BCUT2D eigenvalue weighted by atomic mass is 9.87. The van der Waals surface area contributed by atoms with Crippen molar-refractivity contribution in [2.75, 3.05) is 18.4 Å². The molecule has 1 atom stereocenters. The van der Waals surface area contributed by atoms with Crippen LogP contribution in [-0.2, 0) is 17.6 Å². The van der Waals surface area contributed by atoms with Crippen LogP contribution in [0.5, 0.6) is 0 Å². The summed E-state index contributed by atoms with van der Waals surface area (Å²) in [6.45, 7) is 5.44. The molecule has 5 heteroatoms. The van der Waals surface area contributed by atoms with Gasteiger partial charge in [0.15, 0.2) is 0 Å². The van der Waals surface area contributed by atoms with E-state index < -0.39 is 0 Å². The predicted octanol–water partition coefficient (Wildman–Crippen LogP) is 3.97. The second kappa shape index (κ2) is 7.83. The zero-order valence-corrected chi connectivity index (χ0v) is 15.6. The third-order valence-corrected chi connectivity index (χ3v) is 5.98. The fourth-order valence-electron chi connectivity index (χ4n) is 3.29. The normalized spacial score (nSPS) is 16.2. The first-order valence-electron chi connectivity index (χ1n) is 8.89. The van der Waals surface area contributed by atoms with Crippen LogP contribution in [0, 0.1) is 5.92 Å². The van der Waals surface area contributed by atoms with E-state index in [1.807, 2.05) is 55.1 Å². The molecule has 0 fully saturated rings. The number of benzene rings is 1. The minimum Gasteiger partial charge on any atom is -0.339 e. The molecule has 1 heterocycles. The van der Waals surface area contributed by atoms with Gasteiger partial charge in [0.25, 0.3) is 5.91 Å². The Morgan fingerprint density at radius 1 is 1.20 bits per heavy atom. The molecule has 4 nitrogen and oxygen atoms in total. The van der Waals surface area contributed by atoms with Gasteiger partial charge in [0.2, 0.25) is 5.91 Å². The van der Waals surface area contributed by atoms with Crippen molar-refractivity contribution in [3.63, 3.8) is 0 Å². The van der Waals surface area contributed by atoms with Gasteiger partial charge in [0, 0.05) is 29.6 Å². The van der Waals surface area contributed by atoms with Crippen LogP contribution in [0.1, 0.15) is 40.4 Å². The summed E-state index contributed by atoms with van der Waals surface area (Å²) in [7, 11) is 0. The Balaban J connectivity index is 1.69. The summed E-state index contributed by atoms with van der Waals surface area (Å²) in [6, 6.07) is 11.6. The highest BCUT2D eigenvalue weighted by molar-refractivity contribution is 7.14. The molecule has 132 valence electrons. The number of nitrogens with zero attached hydrogens (tertiary/aromatic N) is 1. The Morgan fingerprint density at radius 2 is 1.92 bits per heavy atom. The molecule has 0 saturated heterocycles. The highest BCUT2D eigenvalue weighted by Crippen LogP contribution is 2.33. The first-order chi connectivity index (χ1) is 12.1. The highest BCUT2D eigenvalue weighted by atomic mass is 32.1. The smallest absolute Gasteiger partial charge is 0.263 e. The summed E-state index contributed by atoms with van der Waals surface area (Å²) in [6.07, 6.45) is 2.43. The van der Waals surface area contributed by atoms with Crippen molar-refractivity contribution < 1.29 is 9.59 Å². The maximum atomic E-state index is 12.5. The Kier molecular flexibility index (Phi) is 5.53. The first kappa shape index (κ1) is 17.7. The number of para-hydroxylation sites is 1. The van der Waals surface area contributed by atoms with E-state index in [1.165, 1.54) is 10.4 Å². The molecular formula is C20H24N2O2S. The number of carbonyl (C=O) groups excluding carboxylic acids is 2. The fraction of sp³-hybridized carbons (Fsp3) is 0.400. The zero-order chi connectivity index (χ0) is 17.8. The molecule has 3 rings (SSSR count). The monoisotopic (exact) mass is 356 g/mol. The number of fused-ring (bicyclic) bond motifs is 1. The van der Waals surface area contributed by atoms with Crippen LogP contribution in [0.15, 0.2) is 36.4 Å². The number of amides is 2. The molecule has 0 saturated carbocycles. The second-order valence-electron chi connectivity index (χ2n) is 6.33. The molecule has 1 aromatic carbocycles. The molecule has 0 bridgehead atoms. The molecular weight excluding hydrogens is 332 g/mol. The Labute approximate surface area is 152 Å². The summed E-state index contributed by atoms with van der Waals surface area (Å²) in [4.78, 5) is 29.0. The van der Waals surface area contributed by atoms with Gasteiger partial charge in [-0.05, 0) is 56.9 Å². The van der Waals surface area contributed by atoms with Crippen LogP contribution < -0.4 is 5.32 Å². The number of carbonyl (C=O) groups is 2. The van der Waals surface area contributed by atoms with E-state index >= 15 is 0 Å². The quantitative estimate of drug-likeness (QED) is 0.881. The second-order valence-corrected chi connectivity index (χ2v) is 7.47. The number of aryl methyl sites for hydroxylation is 1. The van der Waals surface area contributed by atoms with Crippen molar-refractivity contribution in [3.8, 4) is 0 Å². The van der Waals surface area contributed by atoms with Crippen LogP contribution in [-0.4, -0.2) is 29.8 Å². The molecule has 0 spiro atoms. The molecule has 1 aliphatic rings. The molecule has 25 heavy (non-hydrogen) atoms. The summed E-state index contributed by atoms with van der Waals surface area (Å²) < 4.78 is 0. The van der Waals surface area contributed by atoms with Crippen LogP contribution in [0.3, 0.4) is 0 Å². The van der Waals surface area contributed by atoms with Crippen molar-refractivity contribution >= 4 is 28.8 Å². The molecule has 2 aromatic rings. The third-order valence-electron chi connectivity index (χ3n) is 4.76. The number of rotatable bonds is 5. The van der Waals surface area contributed by atoms with Gasteiger partial charge >= 0.3 is 0 Å². The lowest BCUT2D eigenvalue weighted by molar-refractivity contribution is -0.120. The van der Waals surface area contributed by atoms with E-state index in [4.69, 9.17) is 0 Å². The summed E-state index contributed by atoms with van der Waals surface area (Å²) in [5.41, 5.74) is 2.00. The van der Waals surface area contributed by atoms with Crippen LogP contribution in [0.4, 0.5) is 5.69 Å². The predicted molar refractivity (Wildman–Crippen MR) is 102 cm³/mol. The van der Waals surface area contributed by atoms with Gasteiger partial charge in [-0.1, -0.05) is 18.2 Å². The minimum atomic E-state index is -0.0290. The number of thiophene rings is 1. The molecule has 1 N–H and O–H groups in total. The standard InChI is InChI=1S/C20H24N2O2S/c1-3-22(4-2)20(24)18-13-15-12-14(10-11-17(15)25-18)19(23)21-16-8-6-5-7-9-16/h5-9,13-14H,3-4,10-12H2,1-2H3,(H,21,23). The molecule has 1 unspecified atom stereocenters. The van der Waals surface area contributed by atoms with Gasteiger partial charge in [0.1, 0.15) is 0 Å². The average molecular weight is 356 g/mol. The fourth-order valence-corrected chi connectivity index (χ4v) is 4.46. The van der Waals surface area contributed by atoms with Gasteiger partial charge in [-0.25, -0.2) is 0 Å². The van der Waals surface area contributed by atoms with Crippen molar-refractivity contribution in [1.29, 1.82) is 0 Å². The maximum absolute atomic E-state index is 12.5. The van der Waals surface area contributed by atoms with Gasteiger partial charge in [0.05, 0.1) is 4.88 Å². The van der Waals surface area contributed by atoms with E-state index in [2.05, 4.69) is 5.32 Å². The first-order valence-corrected chi connectivity index (χ1v) is 9.70. The molecule has 0 aliphatic heterocycles. The Morgan fingerprint density at radius 3 is 2.60 bits per heavy atom. The number of nitrogens with one attached hydrogen (secondary N) is 1. The Hall–Kier alpha value is -2.14. The lowest BCUT2D eigenvalue weighted by Gasteiger charge is -2.21. The highest BCUT2D eigenvalue weighted by Gasteiger charge is 2.28. The maximum Gasteiger partial charge on any atom is 0.263 e. The average Bonchev–Trinajstić information content (AvgIpc) is 3.06. The van der Waals surface area contributed by atoms with Gasteiger partial charge < -0.3 is 10.2 Å². The number of hydrogen-bond donors (Lipinski definition) is 1. The van der Waals surface area contributed by atoms with Crippen molar-refractivity contribution in [1.82, 2.24) is 4.90 Å². The van der Waals surface area contributed by atoms with Crippen molar-refractivity contribution in [3.05, 3.63) is 51.7 Å². The molecule has 1 aliphatic carbocycles. The Bertz CT molecular complexity index is 750. The van der Waals surface area contributed by atoms with Gasteiger partial charge in [-0.2, -0.15) is 0 Å². The van der Waals surface area contributed by atoms with Gasteiger partial charge in [-0.3, -0.25) is 9.59 Å². The largest absolute Gasteiger partial charge is 0.339 e.